The minimum Gasteiger partial charge on any atom is -0.339 e. The van der Waals surface area contributed by atoms with Crippen LogP contribution in [0.3, 0.4) is 0 Å². The number of nitrogens with one attached hydrogen (secondary N) is 1. The largest absolute Gasteiger partial charge is 0.339 e. The first-order valence-electron chi connectivity index (χ1n) is 6.06. The van der Waals surface area contributed by atoms with E-state index in [0.29, 0.717) is 6.54 Å². The molecule has 3 nitrogen and oxygen atoms in total. The topological polar surface area (TPSA) is 32.3 Å². The van der Waals surface area contributed by atoms with E-state index in [0.717, 1.165) is 0 Å². The van der Waals surface area contributed by atoms with E-state index < -0.39 is 0 Å². The average molecular weight is 230 g/mol. The van der Waals surface area contributed by atoms with Crippen LogP contribution in [-0.2, 0) is 10.2 Å². The van der Waals surface area contributed by atoms with E-state index in [-0.39, 0.29) is 17.0 Å². The molecule has 0 aliphatic carbocycles. The molecule has 0 bridgehead atoms. The lowest BCUT2D eigenvalue weighted by Crippen LogP contribution is -2.57. The number of carbonyl (C=O) groups is 1. The van der Waals surface area contributed by atoms with Crippen LogP contribution < -0.4 is 10.2 Å². The second-order valence-electron chi connectivity index (χ2n) is 5.85. The minimum atomic E-state index is -0.291. The Hall–Kier alpha value is -1.51. The Labute approximate surface area is 102 Å². The van der Waals surface area contributed by atoms with Crippen molar-refractivity contribution >= 4 is 11.6 Å². The number of anilines is 1. The summed E-state index contributed by atoms with van der Waals surface area (Å²) in [5.74, 6) is 0.117. The van der Waals surface area contributed by atoms with Crippen molar-refractivity contribution in [1.29, 1.82) is 0 Å². The Morgan fingerprint density at radius 1 is 1.29 bits per heavy atom. The number of amides is 1. The summed E-state index contributed by atoms with van der Waals surface area (Å²) in [5.41, 5.74) is 3.44. The van der Waals surface area contributed by atoms with Gasteiger partial charge in [0.2, 0.25) is 5.91 Å². The highest BCUT2D eigenvalue weighted by molar-refractivity contribution is 5.90. The Kier molecular flexibility index (Phi) is 1.77. The fourth-order valence-corrected chi connectivity index (χ4v) is 3.15. The monoisotopic (exact) mass is 230 g/mol. The van der Waals surface area contributed by atoms with E-state index in [4.69, 9.17) is 0 Å². The molecular weight excluding hydrogens is 212 g/mol. The van der Waals surface area contributed by atoms with Crippen LogP contribution in [0.2, 0.25) is 0 Å². The summed E-state index contributed by atoms with van der Waals surface area (Å²) in [5, 5.41) is 3.14. The maximum Gasteiger partial charge on any atom is 0.241 e. The highest BCUT2D eigenvalue weighted by atomic mass is 16.2. The summed E-state index contributed by atoms with van der Waals surface area (Å²) < 4.78 is 0. The molecule has 2 aliphatic heterocycles. The van der Waals surface area contributed by atoms with E-state index in [1.165, 1.54) is 16.8 Å². The Morgan fingerprint density at radius 3 is 2.71 bits per heavy atom. The summed E-state index contributed by atoms with van der Waals surface area (Å²) in [4.78, 5) is 13.9. The molecule has 1 aromatic rings. The molecule has 1 amide bonds. The lowest BCUT2D eigenvalue weighted by Gasteiger charge is -2.39. The second-order valence-corrected chi connectivity index (χ2v) is 5.85. The van der Waals surface area contributed by atoms with Gasteiger partial charge in [-0.3, -0.25) is 4.79 Å². The molecule has 90 valence electrons. The molecule has 1 aromatic carbocycles. The Balaban J connectivity index is 2.26. The zero-order valence-electron chi connectivity index (χ0n) is 10.8. The SMILES string of the molecule is Cc1ccc2c(c1)C(C)(C)[C@@]1(C)NC(=O)CN21. The first-order valence-corrected chi connectivity index (χ1v) is 6.06. The number of nitrogens with zero attached hydrogens (tertiary/aromatic N) is 1. The maximum atomic E-state index is 11.7. The summed E-state index contributed by atoms with van der Waals surface area (Å²) in [7, 11) is 0. The van der Waals surface area contributed by atoms with Crippen molar-refractivity contribution in [2.45, 2.75) is 38.8 Å². The molecule has 3 rings (SSSR count). The predicted molar refractivity (Wildman–Crippen MR) is 68.1 cm³/mol. The Bertz CT molecular complexity index is 521. The number of fused-ring (bicyclic) bond motifs is 3. The van der Waals surface area contributed by atoms with Crippen LogP contribution in [0.25, 0.3) is 0 Å². The van der Waals surface area contributed by atoms with Gasteiger partial charge in [-0.25, -0.2) is 0 Å². The predicted octanol–water partition coefficient (Wildman–Crippen LogP) is 1.94. The summed E-state index contributed by atoms with van der Waals surface area (Å²) in [6, 6.07) is 6.49. The third-order valence-electron chi connectivity index (χ3n) is 4.56. The molecule has 1 atom stereocenters. The van der Waals surface area contributed by atoms with Crippen LogP contribution in [0, 0.1) is 6.92 Å². The van der Waals surface area contributed by atoms with Gasteiger partial charge in [0.25, 0.3) is 0 Å². The van der Waals surface area contributed by atoms with Gasteiger partial charge in [0.15, 0.2) is 0 Å². The number of rotatable bonds is 0. The molecule has 17 heavy (non-hydrogen) atoms. The quantitative estimate of drug-likeness (QED) is 0.738. The molecule has 1 fully saturated rings. The van der Waals surface area contributed by atoms with Gasteiger partial charge in [0.05, 0.1) is 6.54 Å². The van der Waals surface area contributed by atoms with E-state index in [1.807, 2.05) is 0 Å². The van der Waals surface area contributed by atoms with Gasteiger partial charge < -0.3 is 10.2 Å². The van der Waals surface area contributed by atoms with Gasteiger partial charge in [0.1, 0.15) is 5.66 Å². The maximum absolute atomic E-state index is 11.7. The van der Waals surface area contributed by atoms with Crippen LogP contribution in [0.1, 0.15) is 31.9 Å². The number of benzene rings is 1. The van der Waals surface area contributed by atoms with Crippen molar-refractivity contribution in [3.8, 4) is 0 Å². The van der Waals surface area contributed by atoms with E-state index in [9.17, 15) is 4.79 Å². The summed E-state index contributed by atoms with van der Waals surface area (Å²) in [6.07, 6.45) is 0. The van der Waals surface area contributed by atoms with Gasteiger partial charge in [-0.15, -0.1) is 0 Å². The van der Waals surface area contributed by atoms with Crippen molar-refractivity contribution in [2.75, 3.05) is 11.4 Å². The van der Waals surface area contributed by atoms with Crippen molar-refractivity contribution in [1.82, 2.24) is 5.32 Å². The fraction of sp³-hybridized carbons (Fsp3) is 0.500. The summed E-state index contributed by atoms with van der Waals surface area (Å²) in [6.45, 7) is 9.11. The van der Waals surface area contributed by atoms with Crippen molar-refractivity contribution in [3.63, 3.8) is 0 Å². The zero-order valence-corrected chi connectivity index (χ0v) is 10.8. The molecule has 0 saturated carbocycles. The van der Waals surface area contributed by atoms with E-state index >= 15 is 0 Å². The third-order valence-corrected chi connectivity index (χ3v) is 4.56. The standard InChI is InChI=1S/C14H18N2O/c1-9-5-6-11-10(7-9)13(2,3)14(4)15-12(17)8-16(11)14/h5-7H,8H2,1-4H3,(H,15,17)/t14-/m0/s1. The van der Waals surface area contributed by atoms with Crippen molar-refractivity contribution in [2.24, 2.45) is 0 Å². The number of carbonyl (C=O) groups excluding carboxylic acids is 1. The molecule has 0 radical (unpaired) electrons. The zero-order chi connectivity index (χ0) is 12.4. The molecule has 1 saturated heterocycles. The van der Waals surface area contributed by atoms with E-state index in [1.54, 1.807) is 0 Å². The van der Waals surface area contributed by atoms with Crippen molar-refractivity contribution in [3.05, 3.63) is 29.3 Å². The fourth-order valence-electron chi connectivity index (χ4n) is 3.15. The normalized spacial score (nSPS) is 28.9. The van der Waals surface area contributed by atoms with Crippen LogP contribution in [-0.4, -0.2) is 18.1 Å². The molecule has 0 spiro atoms. The van der Waals surface area contributed by atoms with Crippen molar-refractivity contribution < 1.29 is 4.79 Å². The van der Waals surface area contributed by atoms with Gasteiger partial charge in [-0.05, 0) is 25.5 Å². The molecule has 2 aliphatic rings. The lowest BCUT2D eigenvalue weighted by atomic mass is 9.76. The third kappa shape index (κ3) is 1.09. The van der Waals surface area contributed by atoms with Gasteiger partial charge >= 0.3 is 0 Å². The lowest BCUT2D eigenvalue weighted by molar-refractivity contribution is -0.119. The number of hydrogen-bond acceptors (Lipinski definition) is 2. The van der Waals surface area contributed by atoms with Gasteiger partial charge in [-0.1, -0.05) is 31.5 Å². The first-order chi connectivity index (χ1) is 7.86. The van der Waals surface area contributed by atoms with Gasteiger partial charge in [0, 0.05) is 11.1 Å². The highest BCUT2D eigenvalue weighted by Gasteiger charge is 2.58. The van der Waals surface area contributed by atoms with Crippen LogP contribution in [0.4, 0.5) is 5.69 Å². The van der Waals surface area contributed by atoms with Crippen LogP contribution in [0.5, 0.6) is 0 Å². The minimum absolute atomic E-state index is 0.0689. The highest BCUT2D eigenvalue weighted by Crippen LogP contribution is 2.51. The first kappa shape index (κ1) is 10.6. The van der Waals surface area contributed by atoms with Gasteiger partial charge in [-0.2, -0.15) is 0 Å². The molecule has 2 heterocycles. The summed E-state index contributed by atoms with van der Waals surface area (Å²) >= 11 is 0. The second kappa shape index (κ2) is 2.84. The van der Waals surface area contributed by atoms with Crippen LogP contribution in [0.15, 0.2) is 18.2 Å². The van der Waals surface area contributed by atoms with E-state index in [2.05, 4.69) is 56.1 Å². The Morgan fingerprint density at radius 2 is 2.00 bits per heavy atom. The molecule has 0 unspecified atom stereocenters. The van der Waals surface area contributed by atoms with Crippen LogP contribution >= 0.6 is 0 Å². The number of hydrogen-bond donors (Lipinski definition) is 1. The number of aryl methyl sites for hydroxylation is 1. The smallest absolute Gasteiger partial charge is 0.241 e. The average Bonchev–Trinajstić information content (AvgIpc) is 2.61. The molecular formula is C14H18N2O. The molecule has 1 N–H and O–H groups in total. The molecule has 0 aromatic heterocycles. The molecule has 3 heteroatoms.